The van der Waals surface area contributed by atoms with Gasteiger partial charge in [0.15, 0.2) is 0 Å². The molecule has 1 aromatic carbocycles. The Labute approximate surface area is 102 Å². The molecule has 0 saturated heterocycles. The van der Waals surface area contributed by atoms with Crippen LogP contribution in [0.15, 0.2) is 18.2 Å². The predicted molar refractivity (Wildman–Crippen MR) is 66.9 cm³/mol. The van der Waals surface area contributed by atoms with Crippen LogP contribution in [-0.2, 0) is 6.61 Å². The number of ether oxygens (including phenoxy) is 1. The zero-order valence-corrected chi connectivity index (χ0v) is 10.6. The lowest BCUT2D eigenvalue weighted by atomic mass is 10.1. The van der Waals surface area contributed by atoms with Crippen molar-refractivity contribution in [2.24, 2.45) is 5.92 Å². The molecule has 0 unspecified atom stereocenters. The fraction of sp³-hybridized carbons (Fsp3) is 0.538. The Bertz CT molecular complexity index is 322. The fourth-order valence-electron chi connectivity index (χ4n) is 1.56. The molecule has 0 aliphatic carbocycles. The van der Waals surface area contributed by atoms with E-state index < -0.39 is 0 Å². The van der Waals surface area contributed by atoms with Gasteiger partial charge < -0.3 is 9.84 Å². The maximum Gasteiger partial charge on any atom is 0.126 e. The number of aliphatic hydroxyl groups excluding tert-OH is 1. The van der Waals surface area contributed by atoms with E-state index in [9.17, 15) is 5.11 Å². The minimum atomic E-state index is -0.0854. The molecule has 1 N–H and O–H groups in total. The molecule has 0 aliphatic heterocycles. The molecule has 0 spiro atoms. The summed E-state index contributed by atoms with van der Waals surface area (Å²) in [5, 5.41) is 9.77. The summed E-state index contributed by atoms with van der Waals surface area (Å²) in [6, 6.07) is 5.45. The quantitative estimate of drug-likeness (QED) is 0.825. The number of hydrogen-bond acceptors (Lipinski definition) is 2. The first kappa shape index (κ1) is 13.3. The van der Waals surface area contributed by atoms with Crippen molar-refractivity contribution in [2.75, 3.05) is 6.61 Å². The van der Waals surface area contributed by atoms with Gasteiger partial charge in [0.25, 0.3) is 0 Å². The zero-order chi connectivity index (χ0) is 12.0. The third-order valence-electron chi connectivity index (χ3n) is 2.86. The lowest BCUT2D eigenvalue weighted by Gasteiger charge is -2.16. The van der Waals surface area contributed by atoms with Crippen LogP contribution in [0.2, 0.25) is 5.02 Å². The van der Waals surface area contributed by atoms with Gasteiger partial charge in [-0.3, -0.25) is 0 Å². The van der Waals surface area contributed by atoms with Crippen LogP contribution in [0.1, 0.15) is 32.3 Å². The Kier molecular flexibility index (Phi) is 5.64. The SMILES string of the molecule is CCC(CC)COc1cccc(Cl)c1CO. The normalized spacial score (nSPS) is 10.8. The second kappa shape index (κ2) is 6.77. The van der Waals surface area contributed by atoms with Crippen LogP contribution in [0.5, 0.6) is 5.75 Å². The van der Waals surface area contributed by atoms with Crippen molar-refractivity contribution in [1.29, 1.82) is 0 Å². The van der Waals surface area contributed by atoms with E-state index in [4.69, 9.17) is 16.3 Å². The second-order valence-corrected chi connectivity index (χ2v) is 4.28. The van der Waals surface area contributed by atoms with E-state index >= 15 is 0 Å². The van der Waals surface area contributed by atoms with E-state index in [1.54, 1.807) is 6.07 Å². The Hall–Kier alpha value is -0.730. The topological polar surface area (TPSA) is 29.5 Å². The molecule has 90 valence electrons. The van der Waals surface area contributed by atoms with Gasteiger partial charge in [0, 0.05) is 10.6 Å². The molecule has 1 aromatic rings. The van der Waals surface area contributed by atoms with Gasteiger partial charge in [-0.1, -0.05) is 44.4 Å². The first-order valence-electron chi connectivity index (χ1n) is 5.73. The highest BCUT2D eigenvalue weighted by Gasteiger charge is 2.09. The third kappa shape index (κ3) is 3.39. The van der Waals surface area contributed by atoms with E-state index in [1.807, 2.05) is 12.1 Å². The van der Waals surface area contributed by atoms with Crippen molar-refractivity contribution in [3.63, 3.8) is 0 Å². The van der Waals surface area contributed by atoms with Crippen molar-refractivity contribution >= 4 is 11.6 Å². The number of rotatable bonds is 6. The summed E-state index contributed by atoms with van der Waals surface area (Å²) >= 11 is 5.97. The Morgan fingerprint density at radius 3 is 2.56 bits per heavy atom. The molecule has 0 saturated carbocycles. The third-order valence-corrected chi connectivity index (χ3v) is 3.22. The average Bonchev–Trinajstić information content (AvgIpc) is 2.30. The van der Waals surface area contributed by atoms with Crippen LogP contribution in [-0.4, -0.2) is 11.7 Å². The predicted octanol–water partition coefficient (Wildman–Crippen LogP) is 3.65. The van der Waals surface area contributed by atoms with Crippen LogP contribution in [0.3, 0.4) is 0 Å². The summed E-state index contributed by atoms with van der Waals surface area (Å²) in [6.45, 7) is 4.91. The summed E-state index contributed by atoms with van der Waals surface area (Å²) in [4.78, 5) is 0. The minimum absolute atomic E-state index is 0.0854. The maximum atomic E-state index is 9.21. The minimum Gasteiger partial charge on any atom is -0.493 e. The van der Waals surface area contributed by atoms with Gasteiger partial charge in [0.1, 0.15) is 5.75 Å². The van der Waals surface area contributed by atoms with Gasteiger partial charge in [-0.25, -0.2) is 0 Å². The number of hydrogen-bond donors (Lipinski definition) is 1. The van der Waals surface area contributed by atoms with Crippen LogP contribution in [0.25, 0.3) is 0 Å². The van der Waals surface area contributed by atoms with Gasteiger partial charge in [0.2, 0.25) is 0 Å². The van der Waals surface area contributed by atoms with E-state index in [0.717, 1.165) is 12.8 Å². The number of halogens is 1. The highest BCUT2D eigenvalue weighted by molar-refractivity contribution is 6.31. The zero-order valence-electron chi connectivity index (χ0n) is 9.87. The molecule has 0 radical (unpaired) electrons. The Balaban J connectivity index is 2.69. The second-order valence-electron chi connectivity index (χ2n) is 3.87. The summed E-state index contributed by atoms with van der Waals surface area (Å²) < 4.78 is 5.71. The first-order chi connectivity index (χ1) is 7.72. The summed E-state index contributed by atoms with van der Waals surface area (Å²) in [5.41, 5.74) is 0.676. The first-order valence-corrected chi connectivity index (χ1v) is 6.11. The molecule has 0 atom stereocenters. The van der Waals surface area contributed by atoms with E-state index in [1.165, 1.54) is 0 Å². The molecule has 0 amide bonds. The smallest absolute Gasteiger partial charge is 0.126 e. The molecule has 0 fully saturated rings. The Morgan fingerprint density at radius 1 is 1.31 bits per heavy atom. The van der Waals surface area contributed by atoms with Gasteiger partial charge in [-0.2, -0.15) is 0 Å². The van der Waals surface area contributed by atoms with Gasteiger partial charge >= 0.3 is 0 Å². The summed E-state index contributed by atoms with van der Waals surface area (Å²) in [6.07, 6.45) is 2.21. The monoisotopic (exact) mass is 242 g/mol. The Morgan fingerprint density at radius 2 is 2.00 bits per heavy atom. The van der Waals surface area contributed by atoms with E-state index in [0.29, 0.717) is 28.9 Å². The van der Waals surface area contributed by atoms with Gasteiger partial charge in [-0.05, 0) is 18.1 Å². The van der Waals surface area contributed by atoms with Gasteiger partial charge in [0.05, 0.1) is 13.2 Å². The number of benzene rings is 1. The lowest BCUT2D eigenvalue weighted by Crippen LogP contribution is -2.11. The molecule has 16 heavy (non-hydrogen) atoms. The summed E-state index contributed by atoms with van der Waals surface area (Å²) in [5.74, 6) is 1.26. The highest BCUT2D eigenvalue weighted by Crippen LogP contribution is 2.27. The molecule has 1 rings (SSSR count). The lowest BCUT2D eigenvalue weighted by molar-refractivity contribution is 0.226. The average molecular weight is 243 g/mol. The molecular formula is C13H19ClO2. The largest absolute Gasteiger partial charge is 0.493 e. The van der Waals surface area contributed by atoms with Crippen LogP contribution in [0.4, 0.5) is 0 Å². The summed E-state index contributed by atoms with van der Waals surface area (Å²) in [7, 11) is 0. The molecule has 3 heteroatoms. The van der Waals surface area contributed by atoms with E-state index in [2.05, 4.69) is 13.8 Å². The van der Waals surface area contributed by atoms with Crippen molar-refractivity contribution in [3.05, 3.63) is 28.8 Å². The van der Waals surface area contributed by atoms with Crippen molar-refractivity contribution in [3.8, 4) is 5.75 Å². The molecular weight excluding hydrogens is 224 g/mol. The molecule has 0 bridgehead atoms. The highest BCUT2D eigenvalue weighted by atomic mass is 35.5. The fourth-order valence-corrected chi connectivity index (χ4v) is 1.79. The molecule has 0 aromatic heterocycles. The standard InChI is InChI=1S/C13H19ClO2/c1-3-10(4-2)9-16-13-7-5-6-12(14)11(13)8-15/h5-7,10,15H,3-4,8-9H2,1-2H3. The van der Waals surface area contributed by atoms with Crippen molar-refractivity contribution in [1.82, 2.24) is 0 Å². The van der Waals surface area contributed by atoms with Gasteiger partial charge in [-0.15, -0.1) is 0 Å². The maximum absolute atomic E-state index is 9.21. The van der Waals surface area contributed by atoms with E-state index in [-0.39, 0.29) is 6.61 Å². The molecule has 0 aliphatic rings. The van der Waals surface area contributed by atoms with Crippen LogP contribution >= 0.6 is 11.6 Å². The van der Waals surface area contributed by atoms with Crippen LogP contribution < -0.4 is 4.74 Å². The van der Waals surface area contributed by atoms with Crippen molar-refractivity contribution in [2.45, 2.75) is 33.3 Å². The molecule has 0 heterocycles. The van der Waals surface area contributed by atoms with Crippen molar-refractivity contribution < 1.29 is 9.84 Å². The molecule has 2 nitrogen and oxygen atoms in total. The van der Waals surface area contributed by atoms with Crippen LogP contribution in [0, 0.1) is 5.92 Å². The number of aliphatic hydroxyl groups is 1.